The molecule has 0 rings (SSSR count). The van der Waals surface area contributed by atoms with Gasteiger partial charge in [-0.3, -0.25) is 37.3 Å². The van der Waals surface area contributed by atoms with E-state index in [0.29, 0.717) is 37.5 Å². The van der Waals surface area contributed by atoms with Crippen molar-refractivity contribution in [3.05, 3.63) is 0 Å². The molecule has 0 aliphatic carbocycles. The molecule has 0 radical (unpaired) electrons. The van der Waals surface area contributed by atoms with Crippen molar-refractivity contribution >= 4 is 39.5 Å². The Morgan fingerprint density at radius 1 is 0.291 bits per heavy atom. The number of hydrogen-bond acceptors (Lipinski definition) is 15. The lowest BCUT2D eigenvalue weighted by atomic mass is 10.0. The SMILES string of the molecule is CC(C)CCCCCCCCCCCCCCC(=O)O[C@H](COC(=O)CCCCCCCCCCCC(C)C)COP(=O)(O)OCC(O)COP(=O)(O)OC[C@@H](COC(=O)CCCCCCCCCC(C)C)OC(=O)CCCCCCCCC(C)C. The molecule has 0 saturated carbocycles. The second-order valence-corrected chi connectivity index (χ2v) is 29.0. The number of carbonyl (C=O) groups excluding carboxylic acids is 4. The zero-order valence-corrected chi connectivity index (χ0v) is 57.7. The first-order valence-electron chi connectivity index (χ1n) is 34.7. The van der Waals surface area contributed by atoms with Gasteiger partial charge in [0.15, 0.2) is 12.2 Å². The fraction of sp³-hybridized carbons (Fsp3) is 0.940. The maximum Gasteiger partial charge on any atom is 0.472 e. The van der Waals surface area contributed by atoms with Crippen LogP contribution in [0.2, 0.25) is 0 Å². The minimum absolute atomic E-state index is 0.101. The van der Waals surface area contributed by atoms with E-state index in [0.717, 1.165) is 108 Å². The molecule has 0 aliphatic rings. The van der Waals surface area contributed by atoms with Gasteiger partial charge in [0.05, 0.1) is 26.4 Å². The number of esters is 4. The number of unbranched alkanes of at least 4 members (excludes halogenated alkanes) is 30. The molecule has 0 amide bonds. The van der Waals surface area contributed by atoms with Crippen LogP contribution >= 0.6 is 15.6 Å². The van der Waals surface area contributed by atoms with E-state index in [1.807, 2.05) is 0 Å². The molecule has 0 aliphatic heterocycles. The van der Waals surface area contributed by atoms with Crippen LogP contribution in [0.4, 0.5) is 0 Å². The molecule has 0 fully saturated rings. The van der Waals surface area contributed by atoms with Crippen LogP contribution in [0.25, 0.3) is 0 Å². The third kappa shape index (κ3) is 60.9. The highest BCUT2D eigenvalue weighted by molar-refractivity contribution is 7.47. The van der Waals surface area contributed by atoms with E-state index in [1.54, 1.807) is 0 Å². The van der Waals surface area contributed by atoms with E-state index in [-0.39, 0.29) is 25.7 Å². The summed E-state index contributed by atoms with van der Waals surface area (Å²) in [6.45, 7) is 14.0. The summed E-state index contributed by atoms with van der Waals surface area (Å²) in [7, 11) is -9.89. The molecular formula is C67H130O17P2. The fourth-order valence-corrected chi connectivity index (χ4v) is 11.5. The third-order valence-electron chi connectivity index (χ3n) is 15.3. The van der Waals surface area contributed by atoms with E-state index in [1.165, 1.54) is 122 Å². The monoisotopic (exact) mass is 1270 g/mol. The Kier molecular flexibility index (Phi) is 55.7. The van der Waals surface area contributed by atoms with E-state index >= 15 is 0 Å². The van der Waals surface area contributed by atoms with Crippen LogP contribution in [-0.4, -0.2) is 96.7 Å². The summed E-state index contributed by atoms with van der Waals surface area (Å²) >= 11 is 0. The lowest BCUT2D eigenvalue weighted by molar-refractivity contribution is -0.161. The van der Waals surface area contributed by atoms with Crippen molar-refractivity contribution < 1.29 is 80.2 Å². The van der Waals surface area contributed by atoms with Gasteiger partial charge >= 0.3 is 39.5 Å². The minimum Gasteiger partial charge on any atom is -0.462 e. The van der Waals surface area contributed by atoms with Gasteiger partial charge in [0.25, 0.3) is 0 Å². The first-order valence-corrected chi connectivity index (χ1v) is 37.7. The molecule has 0 saturated heterocycles. The smallest absolute Gasteiger partial charge is 0.462 e. The fourth-order valence-electron chi connectivity index (χ4n) is 9.96. The van der Waals surface area contributed by atoms with Crippen molar-refractivity contribution in [2.45, 2.75) is 343 Å². The number of phosphoric ester groups is 2. The molecule has 0 spiro atoms. The number of rotatable bonds is 64. The highest BCUT2D eigenvalue weighted by Crippen LogP contribution is 2.45. The van der Waals surface area contributed by atoms with Crippen molar-refractivity contribution in [3.8, 4) is 0 Å². The molecule has 0 aromatic carbocycles. The highest BCUT2D eigenvalue weighted by Gasteiger charge is 2.30. The lowest BCUT2D eigenvalue weighted by Gasteiger charge is -2.21. The molecule has 510 valence electrons. The topological polar surface area (TPSA) is 237 Å². The number of aliphatic hydroxyl groups is 1. The summed E-state index contributed by atoms with van der Waals surface area (Å²) in [4.78, 5) is 72.3. The first-order chi connectivity index (χ1) is 41.1. The van der Waals surface area contributed by atoms with E-state index in [2.05, 4.69) is 55.4 Å². The van der Waals surface area contributed by atoms with Crippen molar-refractivity contribution in [2.75, 3.05) is 39.6 Å². The second-order valence-electron chi connectivity index (χ2n) is 26.1. The molecule has 0 aromatic rings. The predicted octanol–water partition coefficient (Wildman–Crippen LogP) is 18.5. The van der Waals surface area contributed by atoms with Crippen LogP contribution in [0.15, 0.2) is 0 Å². The maximum atomic E-state index is 13.0. The third-order valence-corrected chi connectivity index (χ3v) is 17.2. The van der Waals surface area contributed by atoms with E-state index in [4.69, 9.17) is 37.0 Å². The van der Waals surface area contributed by atoms with Gasteiger partial charge in [-0.05, 0) is 49.4 Å². The normalized spacial score (nSPS) is 14.4. The summed E-state index contributed by atoms with van der Waals surface area (Å²) in [5.41, 5.74) is 0. The summed E-state index contributed by atoms with van der Waals surface area (Å²) in [6, 6.07) is 0. The molecule has 17 nitrogen and oxygen atoms in total. The molecule has 3 unspecified atom stereocenters. The molecule has 3 N–H and O–H groups in total. The van der Waals surface area contributed by atoms with Crippen molar-refractivity contribution in [1.29, 1.82) is 0 Å². The highest BCUT2D eigenvalue weighted by atomic mass is 31.2. The Morgan fingerprint density at radius 2 is 0.488 bits per heavy atom. The van der Waals surface area contributed by atoms with Gasteiger partial charge < -0.3 is 33.8 Å². The number of aliphatic hydroxyl groups excluding tert-OH is 1. The summed E-state index contributed by atoms with van der Waals surface area (Å²) in [5.74, 6) is 0.757. The Morgan fingerprint density at radius 3 is 0.721 bits per heavy atom. The molecule has 86 heavy (non-hydrogen) atoms. The van der Waals surface area contributed by atoms with Gasteiger partial charge in [-0.15, -0.1) is 0 Å². The Balaban J connectivity index is 5.24. The largest absolute Gasteiger partial charge is 0.472 e. The van der Waals surface area contributed by atoms with Gasteiger partial charge in [0, 0.05) is 25.7 Å². The second kappa shape index (κ2) is 57.0. The summed E-state index contributed by atoms with van der Waals surface area (Å²) in [5, 5.41) is 10.6. The number of ether oxygens (including phenoxy) is 4. The predicted molar refractivity (Wildman–Crippen MR) is 344 cm³/mol. The van der Waals surface area contributed by atoms with Gasteiger partial charge in [-0.1, -0.05) is 274 Å². The Bertz CT molecular complexity index is 1710. The first kappa shape index (κ1) is 84.1. The van der Waals surface area contributed by atoms with Crippen LogP contribution in [0.5, 0.6) is 0 Å². The summed E-state index contributed by atoms with van der Waals surface area (Å²) < 4.78 is 68.1. The van der Waals surface area contributed by atoms with E-state index < -0.39 is 97.5 Å². The Labute approximate surface area is 524 Å². The van der Waals surface area contributed by atoms with Crippen molar-refractivity contribution in [2.24, 2.45) is 23.7 Å². The summed E-state index contributed by atoms with van der Waals surface area (Å²) in [6.07, 6.45) is 37.8. The van der Waals surface area contributed by atoms with Gasteiger partial charge in [-0.2, -0.15) is 0 Å². The lowest BCUT2D eigenvalue weighted by Crippen LogP contribution is -2.30. The van der Waals surface area contributed by atoms with Crippen molar-refractivity contribution in [1.82, 2.24) is 0 Å². The Hall–Kier alpha value is -1.94. The molecular weight excluding hydrogens is 1140 g/mol. The van der Waals surface area contributed by atoms with Gasteiger partial charge in [-0.25, -0.2) is 9.13 Å². The average molecular weight is 1270 g/mol. The number of phosphoric acid groups is 2. The average Bonchev–Trinajstić information content (AvgIpc) is 3.62. The van der Waals surface area contributed by atoms with Crippen LogP contribution in [0.3, 0.4) is 0 Å². The van der Waals surface area contributed by atoms with Crippen LogP contribution in [0.1, 0.15) is 325 Å². The van der Waals surface area contributed by atoms with Crippen molar-refractivity contribution in [3.63, 3.8) is 0 Å². The van der Waals surface area contributed by atoms with E-state index in [9.17, 15) is 43.2 Å². The van der Waals surface area contributed by atoms with Crippen LogP contribution in [0, 0.1) is 23.7 Å². The number of hydrogen-bond donors (Lipinski definition) is 3. The molecule has 5 atom stereocenters. The standard InChI is InChI=1S/C67H130O17P2/c1-57(2)43-35-27-19-14-11-9-10-12-16-23-33-41-49-66(71)83-62(53-77-64(69)47-39-31-22-17-13-15-20-28-36-44-58(3)4)55-81-85(73,74)79-51-61(68)52-80-86(75,76)82-56-63(84-67(72)50-42-34-26-25-30-38-46-60(7)8)54-78-65(70)48-40-32-24-18-21-29-37-45-59(5)6/h57-63,68H,9-56H2,1-8H3,(H,73,74)(H,75,76)/t61?,62-,63-/m1/s1. The zero-order valence-electron chi connectivity index (χ0n) is 55.9. The molecule has 0 bridgehead atoms. The quantitative estimate of drug-likeness (QED) is 0.0222. The van der Waals surface area contributed by atoms with Crippen LogP contribution in [-0.2, 0) is 65.4 Å². The maximum absolute atomic E-state index is 13.0. The molecule has 0 aromatic heterocycles. The van der Waals surface area contributed by atoms with Gasteiger partial charge in [0.2, 0.25) is 0 Å². The van der Waals surface area contributed by atoms with Gasteiger partial charge in [0.1, 0.15) is 19.3 Å². The zero-order chi connectivity index (χ0) is 63.9. The van der Waals surface area contributed by atoms with Crippen LogP contribution < -0.4 is 0 Å². The minimum atomic E-state index is -4.95. The number of carbonyl (C=O) groups is 4. The molecule has 19 heteroatoms. The molecule has 0 heterocycles.